The smallest absolute Gasteiger partial charge is 0.438 e. The molecular formula is C19H16F4N2O4. The van der Waals surface area contributed by atoms with Gasteiger partial charge >= 0.3 is 6.18 Å². The lowest BCUT2D eigenvalue weighted by atomic mass is 10.0. The molecule has 0 spiro atoms. The first-order valence-corrected chi connectivity index (χ1v) is 8.36. The molecule has 6 nitrogen and oxygen atoms in total. The normalized spacial score (nSPS) is 19.1. The number of benzene rings is 2. The molecule has 0 aliphatic carbocycles. The molecule has 1 N–H and O–H groups in total. The van der Waals surface area contributed by atoms with E-state index in [1.165, 1.54) is 31.4 Å². The Balaban J connectivity index is 1.86. The van der Waals surface area contributed by atoms with Crippen molar-refractivity contribution in [1.82, 2.24) is 5.01 Å². The molecule has 1 heterocycles. The first-order valence-electron chi connectivity index (χ1n) is 8.36. The van der Waals surface area contributed by atoms with Crippen LogP contribution in [-0.2, 0) is 4.79 Å². The lowest BCUT2D eigenvalue weighted by molar-refractivity contribution is -0.302. The minimum atomic E-state index is -5.16. The van der Waals surface area contributed by atoms with Gasteiger partial charge in [0.1, 0.15) is 17.3 Å². The molecule has 2 aromatic rings. The van der Waals surface area contributed by atoms with Crippen molar-refractivity contribution in [2.24, 2.45) is 5.10 Å². The Kier molecular flexibility index (Phi) is 5.47. The fraction of sp³-hybridized carbons (Fsp3) is 0.263. The summed E-state index contributed by atoms with van der Waals surface area (Å²) in [5.74, 6) is -1.30. The van der Waals surface area contributed by atoms with Crippen molar-refractivity contribution in [2.45, 2.75) is 18.3 Å². The fourth-order valence-electron chi connectivity index (χ4n) is 2.73. The van der Waals surface area contributed by atoms with E-state index >= 15 is 0 Å². The zero-order chi connectivity index (χ0) is 21.2. The number of alkyl halides is 3. The lowest BCUT2D eigenvalue weighted by Crippen LogP contribution is -2.57. The molecule has 1 amide bonds. The molecule has 1 aliphatic rings. The van der Waals surface area contributed by atoms with Gasteiger partial charge in [-0.25, -0.2) is 4.39 Å². The van der Waals surface area contributed by atoms with Crippen LogP contribution >= 0.6 is 0 Å². The zero-order valence-electron chi connectivity index (χ0n) is 15.1. The molecule has 0 saturated carbocycles. The molecule has 1 aliphatic heterocycles. The van der Waals surface area contributed by atoms with E-state index < -0.39 is 36.7 Å². The highest BCUT2D eigenvalue weighted by Gasteiger charge is 2.63. The Morgan fingerprint density at radius 2 is 1.90 bits per heavy atom. The second-order valence-corrected chi connectivity index (χ2v) is 6.22. The maximum atomic E-state index is 13.6. The molecule has 29 heavy (non-hydrogen) atoms. The summed E-state index contributed by atoms with van der Waals surface area (Å²) in [6.07, 6.45) is -6.12. The molecule has 1 atom stereocenters. The number of ether oxygens (including phenoxy) is 2. The molecule has 0 fully saturated rings. The van der Waals surface area contributed by atoms with Crippen molar-refractivity contribution in [2.75, 3.05) is 13.7 Å². The van der Waals surface area contributed by atoms with Gasteiger partial charge in [-0.15, -0.1) is 0 Å². The van der Waals surface area contributed by atoms with Gasteiger partial charge in [0.2, 0.25) is 0 Å². The number of amides is 1. The summed E-state index contributed by atoms with van der Waals surface area (Å²) < 4.78 is 63.8. The third-order valence-electron chi connectivity index (χ3n) is 4.25. The number of methoxy groups -OCH3 is 1. The Hall–Kier alpha value is -3.14. The number of hydrogen-bond acceptors (Lipinski definition) is 5. The number of aliphatic hydroxyl groups is 1. The van der Waals surface area contributed by atoms with E-state index in [1.807, 2.05) is 0 Å². The largest absolute Gasteiger partial charge is 0.497 e. The van der Waals surface area contributed by atoms with E-state index in [4.69, 9.17) is 9.47 Å². The molecule has 3 rings (SSSR count). The standard InChI is InChI=1S/C19H16F4N2O4/c1-28-15-4-2-3-12(9-15)16-10-18(27,19(21,22)23)25(24-16)17(26)11-29-14-7-5-13(20)6-8-14/h2-9,27H,10-11H2,1H3/t18-/m1/s1. The molecule has 0 radical (unpaired) electrons. The van der Waals surface area contributed by atoms with Crippen LogP contribution in [0.15, 0.2) is 53.6 Å². The predicted molar refractivity (Wildman–Crippen MR) is 93.9 cm³/mol. The van der Waals surface area contributed by atoms with Gasteiger partial charge in [0.05, 0.1) is 19.2 Å². The summed E-state index contributed by atoms with van der Waals surface area (Å²) in [5.41, 5.74) is -3.39. The van der Waals surface area contributed by atoms with Crippen LogP contribution in [0.1, 0.15) is 12.0 Å². The van der Waals surface area contributed by atoms with Gasteiger partial charge in [-0.2, -0.15) is 23.3 Å². The van der Waals surface area contributed by atoms with Crippen LogP contribution < -0.4 is 9.47 Å². The van der Waals surface area contributed by atoms with E-state index in [9.17, 15) is 27.5 Å². The summed E-state index contributed by atoms with van der Waals surface area (Å²) >= 11 is 0. The van der Waals surface area contributed by atoms with Gasteiger partial charge in [-0.3, -0.25) is 4.79 Å². The first-order chi connectivity index (χ1) is 13.6. The number of hydrazone groups is 1. The molecular weight excluding hydrogens is 396 g/mol. The van der Waals surface area contributed by atoms with Crippen LogP contribution in [0.25, 0.3) is 0 Å². The van der Waals surface area contributed by atoms with Crippen LogP contribution in [0.5, 0.6) is 11.5 Å². The Labute approximate surface area is 163 Å². The van der Waals surface area contributed by atoms with Crippen molar-refractivity contribution in [1.29, 1.82) is 0 Å². The Morgan fingerprint density at radius 1 is 1.21 bits per heavy atom. The third-order valence-corrected chi connectivity index (χ3v) is 4.25. The summed E-state index contributed by atoms with van der Waals surface area (Å²) in [6.45, 7) is -0.834. The number of nitrogens with zero attached hydrogens (tertiary/aromatic N) is 2. The van der Waals surface area contributed by atoms with E-state index in [2.05, 4.69) is 5.10 Å². The molecule has 10 heteroatoms. The average molecular weight is 412 g/mol. The van der Waals surface area contributed by atoms with Crippen molar-refractivity contribution < 1.29 is 36.9 Å². The maximum Gasteiger partial charge on any atom is 0.438 e. The topological polar surface area (TPSA) is 71.4 Å². The Morgan fingerprint density at radius 3 is 2.52 bits per heavy atom. The van der Waals surface area contributed by atoms with Crippen molar-refractivity contribution in [3.63, 3.8) is 0 Å². The van der Waals surface area contributed by atoms with Crippen LogP contribution in [0.3, 0.4) is 0 Å². The van der Waals surface area contributed by atoms with Crippen LogP contribution in [0.2, 0.25) is 0 Å². The van der Waals surface area contributed by atoms with E-state index in [-0.39, 0.29) is 22.0 Å². The summed E-state index contributed by atoms with van der Waals surface area (Å²) in [5, 5.41) is 14.0. The Bertz CT molecular complexity index is 931. The summed E-state index contributed by atoms with van der Waals surface area (Å²) in [6, 6.07) is 10.6. The van der Waals surface area contributed by atoms with Gasteiger partial charge in [-0.1, -0.05) is 12.1 Å². The molecule has 0 aromatic heterocycles. The van der Waals surface area contributed by atoms with Crippen molar-refractivity contribution in [3.8, 4) is 11.5 Å². The maximum absolute atomic E-state index is 13.6. The highest BCUT2D eigenvalue weighted by Crippen LogP contribution is 2.41. The highest BCUT2D eigenvalue weighted by molar-refractivity contribution is 6.03. The second-order valence-electron chi connectivity index (χ2n) is 6.22. The fourth-order valence-corrected chi connectivity index (χ4v) is 2.73. The van der Waals surface area contributed by atoms with E-state index in [0.717, 1.165) is 12.1 Å². The first kappa shape index (κ1) is 20.6. The predicted octanol–water partition coefficient (Wildman–Crippen LogP) is 3.10. The SMILES string of the molecule is COc1cccc(C2=NN(C(=O)COc3ccc(F)cc3)[C@](O)(C(F)(F)F)C2)c1. The van der Waals surface area contributed by atoms with Gasteiger partial charge in [0, 0.05) is 5.56 Å². The second kappa shape index (κ2) is 7.70. The highest BCUT2D eigenvalue weighted by atomic mass is 19.4. The molecule has 154 valence electrons. The minimum absolute atomic E-state index is 0.0225. The van der Waals surface area contributed by atoms with E-state index in [1.54, 1.807) is 12.1 Å². The monoisotopic (exact) mass is 412 g/mol. The molecule has 2 aromatic carbocycles. The minimum Gasteiger partial charge on any atom is -0.497 e. The van der Waals surface area contributed by atoms with Crippen molar-refractivity contribution >= 4 is 11.6 Å². The van der Waals surface area contributed by atoms with Crippen LogP contribution in [-0.4, -0.2) is 47.4 Å². The number of rotatable bonds is 5. The molecule has 0 unspecified atom stereocenters. The van der Waals surface area contributed by atoms with Crippen molar-refractivity contribution in [3.05, 3.63) is 59.9 Å². The molecule has 0 saturated heterocycles. The van der Waals surface area contributed by atoms with Crippen LogP contribution in [0.4, 0.5) is 17.6 Å². The quantitative estimate of drug-likeness (QED) is 0.767. The average Bonchev–Trinajstić information content (AvgIpc) is 3.06. The summed E-state index contributed by atoms with van der Waals surface area (Å²) in [7, 11) is 1.39. The number of halogens is 4. The molecule has 0 bridgehead atoms. The van der Waals surface area contributed by atoms with Gasteiger partial charge in [-0.05, 0) is 36.4 Å². The number of hydrogen-bond donors (Lipinski definition) is 1. The van der Waals surface area contributed by atoms with Crippen LogP contribution in [0, 0.1) is 5.82 Å². The number of carbonyl (C=O) groups is 1. The third kappa shape index (κ3) is 4.16. The number of carbonyl (C=O) groups excluding carboxylic acids is 1. The lowest BCUT2D eigenvalue weighted by Gasteiger charge is -2.32. The summed E-state index contributed by atoms with van der Waals surface area (Å²) in [4.78, 5) is 12.4. The van der Waals surface area contributed by atoms with Gasteiger partial charge < -0.3 is 14.6 Å². The van der Waals surface area contributed by atoms with E-state index in [0.29, 0.717) is 5.75 Å². The zero-order valence-corrected chi connectivity index (χ0v) is 15.1. The van der Waals surface area contributed by atoms with Gasteiger partial charge in [0.15, 0.2) is 6.61 Å². The van der Waals surface area contributed by atoms with Gasteiger partial charge in [0.25, 0.3) is 11.6 Å².